The third-order valence-electron chi connectivity index (χ3n) is 3.01. The Kier molecular flexibility index (Phi) is 9.77. The van der Waals surface area contributed by atoms with Gasteiger partial charge >= 0.3 is 35.7 Å². The van der Waals surface area contributed by atoms with Crippen molar-refractivity contribution in [1.82, 2.24) is 10.6 Å². The van der Waals surface area contributed by atoms with Gasteiger partial charge in [-0.15, -0.1) is 0 Å². The van der Waals surface area contributed by atoms with Crippen molar-refractivity contribution >= 4 is 18.0 Å². The van der Waals surface area contributed by atoms with Crippen molar-refractivity contribution in [3.05, 3.63) is 35.9 Å². The first-order valence-electron chi connectivity index (χ1n) is 7.63. The number of ether oxygens (including phenoxy) is 1. The molecule has 0 heterocycles. The second kappa shape index (κ2) is 10.4. The van der Waals surface area contributed by atoms with Crippen LogP contribution in [-0.4, -0.2) is 35.7 Å². The van der Waals surface area contributed by atoms with E-state index >= 15 is 0 Å². The van der Waals surface area contributed by atoms with Gasteiger partial charge in [0.2, 0.25) is 5.91 Å². The molecule has 25 heavy (non-hydrogen) atoms. The Hall–Kier alpha value is -1.57. The van der Waals surface area contributed by atoms with Crippen molar-refractivity contribution in [2.45, 2.75) is 51.8 Å². The number of amides is 2. The van der Waals surface area contributed by atoms with Crippen LogP contribution in [0.5, 0.6) is 0 Å². The number of aliphatic carboxylic acids is 1. The first-order chi connectivity index (χ1) is 11.1. The molecule has 0 aromatic heterocycles. The Morgan fingerprint density at radius 3 is 2.16 bits per heavy atom. The number of carboxylic acid groups (broad SMARTS) is 1. The molecule has 7 nitrogen and oxygen atoms in total. The van der Waals surface area contributed by atoms with Gasteiger partial charge in [0.05, 0.1) is 12.0 Å². The van der Waals surface area contributed by atoms with Crippen LogP contribution in [0.15, 0.2) is 30.3 Å². The van der Waals surface area contributed by atoms with E-state index in [2.05, 4.69) is 10.6 Å². The molecular weight excluding hydrogens is 335 g/mol. The topological polar surface area (TPSA) is 108 Å². The Labute approximate surface area is 169 Å². The van der Waals surface area contributed by atoms with E-state index in [9.17, 15) is 19.5 Å². The zero-order chi connectivity index (χ0) is 18.3. The van der Waals surface area contributed by atoms with E-state index in [4.69, 9.17) is 4.74 Å². The summed E-state index contributed by atoms with van der Waals surface area (Å²) in [4.78, 5) is 35.0. The Morgan fingerprint density at radius 1 is 1.12 bits per heavy atom. The van der Waals surface area contributed by atoms with Crippen LogP contribution in [0.3, 0.4) is 0 Å². The van der Waals surface area contributed by atoms with Crippen molar-refractivity contribution in [2.75, 3.05) is 0 Å². The molecule has 0 fully saturated rings. The second-order valence-corrected chi connectivity index (χ2v) is 6.44. The number of benzene rings is 1. The van der Waals surface area contributed by atoms with Gasteiger partial charge in [-0.2, -0.15) is 0 Å². The molecule has 0 aliphatic heterocycles. The zero-order valence-corrected chi connectivity index (χ0v) is 17.3. The number of nitrogens with one attached hydrogen (secondary N) is 2. The molecule has 0 radical (unpaired) electrons. The predicted molar refractivity (Wildman–Crippen MR) is 85.9 cm³/mol. The molecule has 0 bridgehead atoms. The second-order valence-electron chi connectivity index (χ2n) is 6.44. The fraction of sp³-hybridized carbons (Fsp3) is 0.471. The van der Waals surface area contributed by atoms with Crippen LogP contribution < -0.4 is 45.3 Å². The Balaban J connectivity index is 0.00000576. The number of hydrogen-bond acceptors (Lipinski definition) is 5. The number of carbonyl (C=O) groups excluding carboxylic acids is 3. The minimum atomic E-state index is -1.39. The first-order valence-corrected chi connectivity index (χ1v) is 7.63. The Bertz CT molecular complexity index is 586. The number of hydrogen-bond donors (Lipinski definition) is 2. The van der Waals surface area contributed by atoms with Crippen molar-refractivity contribution in [1.29, 1.82) is 0 Å². The SMILES string of the molecule is C[C@H](NC(=O)OC(C)(C)C)C(=O)N[C@@H](Cc1ccccc1)C(=O)[O-].[Na+]. The van der Waals surface area contributed by atoms with E-state index in [-0.39, 0.29) is 36.0 Å². The summed E-state index contributed by atoms with van der Waals surface area (Å²) < 4.78 is 5.05. The third-order valence-corrected chi connectivity index (χ3v) is 3.01. The van der Waals surface area contributed by atoms with E-state index in [1.165, 1.54) is 6.92 Å². The van der Waals surface area contributed by atoms with Crippen LogP contribution in [0.1, 0.15) is 33.3 Å². The van der Waals surface area contributed by atoms with Crippen molar-refractivity contribution in [2.24, 2.45) is 0 Å². The summed E-state index contributed by atoms with van der Waals surface area (Å²) in [6.07, 6.45) is -0.660. The van der Waals surface area contributed by atoms with Crippen LogP contribution in [0.25, 0.3) is 0 Å². The van der Waals surface area contributed by atoms with Gasteiger partial charge in [-0.25, -0.2) is 4.79 Å². The van der Waals surface area contributed by atoms with E-state index in [0.29, 0.717) is 0 Å². The standard InChI is InChI=1S/C17H24N2O5.Na/c1-11(18-16(23)24-17(2,3)4)14(20)19-13(15(21)22)10-12-8-6-5-7-9-12;/h5-9,11,13H,10H2,1-4H3,(H,18,23)(H,19,20)(H,21,22);/q;+1/p-1/t11-,13-;/m0./s1. The third kappa shape index (κ3) is 9.48. The molecule has 1 aromatic carbocycles. The Morgan fingerprint density at radius 2 is 1.68 bits per heavy atom. The summed E-state index contributed by atoms with van der Waals surface area (Å²) in [5, 5.41) is 16.0. The van der Waals surface area contributed by atoms with E-state index in [1.807, 2.05) is 6.07 Å². The van der Waals surface area contributed by atoms with Crippen LogP contribution in [-0.2, 0) is 20.7 Å². The molecule has 1 aromatic rings. The molecule has 0 aliphatic rings. The molecule has 132 valence electrons. The molecule has 2 atom stereocenters. The molecule has 0 unspecified atom stereocenters. The number of carboxylic acids is 1. The average Bonchev–Trinajstić information content (AvgIpc) is 2.45. The van der Waals surface area contributed by atoms with Gasteiger partial charge in [-0.1, -0.05) is 30.3 Å². The predicted octanol–water partition coefficient (Wildman–Crippen LogP) is -2.62. The molecule has 0 aliphatic carbocycles. The smallest absolute Gasteiger partial charge is 0.548 e. The van der Waals surface area contributed by atoms with Gasteiger partial charge in [0.25, 0.3) is 0 Å². The van der Waals surface area contributed by atoms with Gasteiger partial charge in [0, 0.05) is 0 Å². The molecule has 1 rings (SSSR count). The molecule has 2 amide bonds. The summed E-state index contributed by atoms with van der Waals surface area (Å²) in [6.45, 7) is 6.53. The maximum Gasteiger partial charge on any atom is 1.00 e. The van der Waals surface area contributed by atoms with Crippen molar-refractivity contribution < 1.29 is 53.8 Å². The van der Waals surface area contributed by atoms with Gasteiger partial charge in [-0.3, -0.25) is 4.79 Å². The maximum atomic E-state index is 12.1. The summed E-state index contributed by atoms with van der Waals surface area (Å²) >= 11 is 0. The average molecular weight is 358 g/mol. The van der Waals surface area contributed by atoms with E-state index in [1.54, 1.807) is 45.0 Å². The normalized spacial score (nSPS) is 13.0. The number of alkyl carbamates (subject to hydrolysis) is 1. The minimum absolute atomic E-state index is 0. The summed E-state index contributed by atoms with van der Waals surface area (Å²) in [5.74, 6) is -2.03. The monoisotopic (exact) mass is 358 g/mol. The number of carbonyl (C=O) groups is 3. The fourth-order valence-corrected chi connectivity index (χ4v) is 1.89. The molecular formula is C17H23N2NaO5. The van der Waals surface area contributed by atoms with Crippen LogP contribution >= 0.6 is 0 Å². The number of rotatable bonds is 6. The quantitative estimate of drug-likeness (QED) is 0.542. The minimum Gasteiger partial charge on any atom is -0.548 e. The molecule has 0 spiro atoms. The fourth-order valence-electron chi connectivity index (χ4n) is 1.89. The largest absolute Gasteiger partial charge is 1.00 e. The van der Waals surface area contributed by atoms with Gasteiger partial charge in [-0.05, 0) is 39.7 Å². The van der Waals surface area contributed by atoms with Gasteiger partial charge < -0.3 is 25.3 Å². The molecule has 2 N–H and O–H groups in total. The van der Waals surface area contributed by atoms with E-state index in [0.717, 1.165) is 5.56 Å². The maximum absolute atomic E-state index is 12.1. The van der Waals surface area contributed by atoms with Crippen molar-refractivity contribution in [3.63, 3.8) is 0 Å². The van der Waals surface area contributed by atoms with Crippen molar-refractivity contribution in [3.8, 4) is 0 Å². The summed E-state index contributed by atoms with van der Waals surface area (Å²) in [6, 6.07) is 6.73. The van der Waals surface area contributed by atoms with E-state index < -0.39 is 35.7 Å². The zero-order valence-electron chi connectivity index (χ0n) is 15.3. The van der Waals surface area contributed by atoms with Gasteiger partial charge in [0.15, 0.2) is 0 Å². The summed E-state index contributed by atoms with van der Waals surface area (Å²) in [7, 11) is 0. The first kappa shape index (κ1) is 23.4. The van der Waals surface area contributed by atoms with Crippen LogP contribution in [0.2, 0.25) is 0 Å². The summed E-state index contributed by atoms with van der Waals surface area (Å²) in [5.41, 5.74) is 0.0564. The van der Waals surface area contributed by atoms with Crippen LogP contribution in [0, 0.1) is 0 Å². The van der Waals surface area contributed by atoms with Crippen LogP contribution in [0.4, 0.5) is 4.79 Å². The molecule has 8 heteroatoms. The molecule has 0 saturated carbocycles. The van der Waals surface area contributed by atoms with Gasteiger partial charge in [0.1, 0.15) is 11.6 Å². The molecule has 0 saturated heterocycles.